The van der Waals surface area contributed by atoms with Crippen LogP contribution in [0.25, 0.3) is 0 Å². The highest BCUT2D eigenvalue weighted by molar-refractivity contribution is 6.31. The van der Waals surface area contributed by atoms with Gasteiger partial charge in [-0.05, 0) is 43.0 Å². The standard InChI is InChI=1S/C15H21ClFN/c1-3-18-15(8-11-5-4-6-11)12-7-10(2)14(17)9-13(12)16/h7,9,11,15,18H,3-6,8H2,1-2H3. The first-order chi connectivity index (χ1) is 8.61. The Bertz CT molecular complexity index is 415. The Morgan fingerprint density at radius 1 is 1.44 bits per heavy atom. The van der Waals surface area contributed by atoms with Crippen LogP contribution in [0.4, 0.5) is 4.39 Å². The molecular formula is C15H21ClFN. The third-order valence-electron chi connectivity index (χ3n) is 3.90. The molecular weight excluding hydrogens is 249 g/mol. The van der Waals surface area contributed by atoms with Crippen LogP contribution in [0.5, 0.6) is 0 Å². The number of hydrogen-bond acceptors (Lipinski definition) is 1. The van der Waals surface area contributed by atoms with Crippen LogP contribution in [-0.4, -0.2) is 6.54 Å². The molecule has 0 bridgehead atoms. The van der Waals surface area contributed by atoms with Crippen molar-refractivity contribution in [1.29, 1.82) is 0 Å². The lowest BCUT2D eigenvalue weighted by atomic mass is 9.79. The fourth-order valence-electron chi connectivity index (χ4n) is 2.58. The van der Waals surface area contributed by atoms with Gasteiger partial charge < -0.3 is 5.32 Å². The van der Waals surface area contributed by atoms with Crippen LogP contribution in [0.3, 0.4) is 0 Å². The van der Waals surface area contributed by atoms with Gasteiger partial charge in [-0.1, -0.05) is 43.9 Å². The van der Waals surface area contributed by atoms with Crippen LogP contribution in [0, 0.1) is 18.7 Å². The van der Waals surface area contributed by atoms with Gasteiger partial charge in [-0.2, -0.15) is 0 Å². The summed E-state index contributed by atoms with van der Waals surface area (Å²) in [7, 11) is 0. The Morgan fingerprint density at radius 3 is 2.72 bits per heavy atom. The highest BCUT2D eigenvalue weighted by Crippen LogP contribution is 2.37. The minimum absolute atomic E-state index is 0.220. The van der Waals surface area contributed by atoms with E-state index in [1.54, 1.807) is 6.92 Å². The predicted octanol–water partition coefficient (Wildman–Crippen LogP) is 4.63. The molecule has 0 spiro atoms. The molecule has 1 aliphatic carbocycles. The van der Waals surface area contributed by atoms with E-state index in [0.717, 1.165) is 24.4 Å². The summed E-state index contributed by atoms with van der Waals surface area (Å²) in [4.78, 5) is 0. The van der Waals surface area contributed by atoms with Crippen molar-refractivity contribution in [2.45, 2.75) is 45.6 Å². The summed E-state index contributed by atoms with van der Waals surface area (Å²) in [6, 6.07) is 3.59. The van der Waals surface area contributed by atoms with Crippen molar-refractivity contribution >= 4 is 11.6 Å². The summed E-state index contributed by atoms with van der Waals surface area (Å²) in [5.41, 5.74) is 1.72. The van der Waals surface area contributed by atoms with E-state index in [9.17, 15) is 4.39 Å². The average Bonchev–Trinajstić information content (AvgIpc) is 2.27. The predicted molar refractivity (Wildman–Crippen MR) is 74.5 cm³/mol. The average molecular weight is 270 g/mol. The highest BCUT2D eigenvalue weighted by atomic mass is 35.5. The molecule has 1 aliphatic rings. The molecule has 18 heavy (non-hydrogen) atoms. The Balaban J connectivity index is 2.20. The number of rotatable bonds is 5. The molecule has 1 saturated carbocycles. The van der Waals surface area contributed by atoms with Gasteiger partial charge in [0.1, 0.15) is 5.82 Å². The maximum atomic E-state index is 13.4. The van der Waals surface area contributed by atoms with Gasteiger partial charge in [0.2, 0.25) is 0 Å². The molecule has 1 unspecified atom stereocenters. The summed E-state index contributed by atoms with van der Waals surface area (Å²) >= 11 is 6.20. The molecule has 100 valence electrons. The van der Waals surface area contributed by atoms with Crippen LogP contribution in [0.2, 0.25) is 5.02 Å². The molecule has 2 rings (SSSR count). The van der Waals surface area contributed by atoms with Crippen molar-refractivity contribution in [2.75, 3.05) is 6.54 Å². The molecule has 0 heterocycles. The number of halogens is 2. The van der Waals surface area contributed by atoms with Crippen LogP contribution >= 0.6 is 11.6 Å². The van der Waals surface area contributed by atoms with Crippen LogP contribution in [0.15, 0.2) is 12.1 Å². The summed E-state index contributed by atoms with van der Waals surface area (Å²) in [5, 5.41) is 4.02. The Kier molecular flexibility index (Phi) is 4.63. The first kappa shape index (κ1) is 13.8. The molecule has 0 aliphatic heterocycles. The molecule has 0 amide bonds. The largest absolute Gasteiger partial charge is 0.310 e. The van der Waals surface area contributed by atoms with Crippen molar-refractivity contribution in [3.05, 3.63) is 34.1 Å². The normalized spacial score (nSPS) is 17.6. The summed E-state index contributed by atoms with van der Waals surface area (Å²) in [6.07, 6.45) is 5.09. The lowest BCUT2D eigenvalue weighted by molar-refractivity contribution is 0.262. The van der Waals surface area contributed by atoms with E-state index in [0.29, 0.717) is 10.6 Å². The van der Waals surface area contributed by atoms with Crippen molar-refractivity contribution in [3.63, 3.8) is 0 Å². The zero-order valence-corrected chi connectivity index (χ0v) is 11.9. The van der Waals surface area contributed by atoms with Gasteiger partial charge in [0.25, 0.3) is 0 Å². The second kappa shape index (κ2) is 6.03. The molecule has 0 saturated heterocycles. The second-order valence-electron chi connectivity index (χ2n) is 5.27. The van der Waals surface area contributed by atoms with Gasteiger partial charge in [-0.25, -0.2) is 4.39 Å². The number of benzene rings is 1. The van der Waals surface area contributed by atoms with Crippen molar-refractivity contribution in [3.8, 4) is 0 Å². The van der Waals surface area contributed by atoms with Gasteiger partial charge in [0.15, 0.2) is 0 Å². The molecule has 1 atom stereocenters. The van der Waals surface area contributed by atoms with Crippen molar-refractivity contribution in [2.24, 2.45) is 5.92 Å². The first-order valence-electron chi connectivity index (χ1n) is 6.80. The molecule has 1 nitrogen and oxygen atoms in total. The van der Waals surface area contributed by atoms with E-state index in [2.05, 4.69) is 12.2 Å². The van der Waals surface area contributed by atoms with Gasteiger partial charge in [0.05, 0.1) is 0 Å². The topological polar surface area (TPSA) is 12.0 Å². The van der Waals surface area contributed by atoms with Crippen LogP contribution in [0.1, 0.15) is 49.8 Å². The lowest BCUT2D eigenvalue weighted by Crippen LogP contribution is -2.26. The third-order valence-corrected chi connectivity index (χ3v) is 4.22. The Labute approximate surface area is 114 Å². The van der Waals surface area contributed by atoms with E-state index in [1.807, 2.05) is 6.07 Å². The van der Waals surface area contributed by atoms with Gasteiger partial charge in [-0.3, -0.25) is 0 Å². The lowest BCUT2D eigenvalue weighted by Gasteiger charge is -2.31. The third kappa shape index (κ3) is 3.04. The minimum atomic E-state index is -0.220. The summed E-state index contributed by atoms with van der Waals surface area (Å²) in [5.74, 6) is 0.582. The molecule has 1 N–H and O–H groups in total. The SMILES string of the molecule is CCNC(CC1CCC1)c1cc(C)c(F)cc1Cl. The molecule has 1 fully saturated rings. The fourth-order valence-corrected chi connectivity index (χ4v) is 2.86. The van der Waals surface area contributed by atoms with E-state index in [4.69, 9.17) is 11.6 Å². The van der Waals surface area contributed by atoms with Crippen LogP contribution in [-0.2, 0) is 0 Å². The molecule has 0 radical (unpaired) electrons. The number of hydrogen-bond donors (Lipinski definition) is 1. The van der Waals surface area contributed by atoms with Crippen LogP contribution < -0.4 is 5.32 Å². The minimum Gasteiger partial charge on any atom is -0.310 e. The van der Waals surface area contributed by atoms with Gasteiger partial charge in [-0.15, -0.1) is 0 Å². The molecule has 1 aromatic carbocycles. The van der Waals surface area contributed by atoms with E-state index >= 15 is 0 Å². The molecule has 1 aromatic rings. The van der Waals surface area contributed by atoms with E-state index < -0.39 is 0 Å². The quantitative estimate of drug-likeness (QED) is 0.822. The maximum absolute atomic E-state index is 13.4. The maximum Gasteiger partial charge on any atom is 0.127 e. The van der Waals surface area contributed by atoms with Gasteiger partial charge >= 0.3 is 0 Å². The first-order valence-corrected chi connectivity index (χ1v) is 7.18. The smallest absolute Gasteiger partial charge is 0.127 e. The summed E-state index contributed by atoms with van der Waals surface area (Å²) in [6.45, 7) is 4.80. The Morgan fingerprint density at radius 2 is 2.17 bits per heavy atom. The van der Waals surface area contributed by atoms with E-state index in [1.165, 1.54) is 25.3 Å². The highest BCUT2D eigenvalue weighted by Gasteiger charge is 2.24. The second-order valence-corrected chi connectivity index (χ2v) is 5.67. The Hall–Kier alpha value is -0.600. The zero-order valence-electron chi connectivity index (χ0n) is 11.1. The van der Waals surface area contributed by atoms with Crippen molar-refractivity contribution in [1.82, 2.24) is 5.32 Å². The van der Waals surface area contributed by atoms with Crippen molar-refractivity contribution < 1.29 is 4.39 Å². The van der Waals surface area contributed by atoms with Gasteiger partial charge in [0, 0.05) is 11.1 Å². The molecule has 3 heteroatoms. The fraction of sp³-hybridized carbons (Fsp3) is 0.600. The number of nitrogens with one attached hydrogen (secondary N) is 1. The monoisotopic (exact) mass is 269 g/mol. The van der Waals surface area contributed by atoms with E-state index in [-0.39, 0.29) is 11.9 Å². The number of aryl methyl sites for hydroxylation is 1. The summed E-state index contributed by atoms with van der Waals surface area (Å²) < 4.78 is 13.4. The zero-order chi connectivity index (χ0) is 13.1. The molecule has 0 aromatic heterocycles.